The molecule has 2 aromatic heterocycles. The van der Waals surface area contributed by atoms with E-state index in [1.54, 1.807) is 0 Å². The Hall–Kier alpha value is -3.21. The molecular weight excluding hydrogens is 350 g/mol. The van der Waals surface area contributed by atoms with Crippen LogP contribution in [0.25, 0.3) is 11.0 Å². The van der Waals surface area contributed by atoms with Gasteiger partial charge in [0.1, 0.15) is 5.65 Å². The van der Waals surface area contributed by atoms with Crippen molar-refractivity contribution in [2.45, 2.75) is 39.7 Å². The van der Waals surface area contributed by atoms with E-state index in [0.717, 1.165) is 25.0 Å². The van der Waals surface area contributed by atoms with Crippen LogP contribution < -0.4 is 5.32 Å². The minimum atomic E-state index is -0.295. The number of benzene rings is 1. The Morgan fingerprint density at radius 2 is 1.86 bits per heavy atom. The predicted molar refractivity (Wildman–Crippen MR) is 111 cm³/mol. The van der Waals surface area contributed by atoms with E-state index in [4.69, 9.17) is 0 Å². The summed E-state index contributed by atoms with van der Waals surface area (Å²) in [4.78, 5) is 25.5. The quantitative estimate of drug-likeness (QED) is 0.687. The van der Waals surface area contributed by atoms with Gasteiger partial charge in [-0.3, -0.25) is 14.9 Å². The van der Waals surface area contributed by atoms with E-state index in [2.05, 4.69) is 64.4 Å². The van der Waals surface area contributed by atoms with Crippen LogP contribution >= 0.6 is 0 Å². The highest BCUT2D eigenvalue weighted by molar-refractivity contribution is 6.16. The van der Waals surface area contributed by atoms with Crippen LogP contribution in [0.4, 0.5) is 0 Å². The number of carbonyl (C=O) groups excluding carboxylic acids is 2. The van der Waals surface area contributed by atoms with Crippen LogP contribution in [0.3, 0.4) is 0 Å². The molecule has 0 atom stereocenters. The summed E-state index contributed by atoms with van der Waals surface area (Å²) < 4.78 is 2.27. The summed E-state index contributed by atoms with van der Waals surface area (Å²) in [7, 11) is 0. The van der Waals surface area contributed by atoms with Crippen molar-refractivity contribution < 1.29 is 9.59 Å². The molecule has 0 saturated heterocycles. The maximum absolute atomic E-state index is 10.6. The molecule has 2 amide bonds. The lowest BCUT2D eigenvalue weighted by molar-refractivity contribution is -0.123. The first-order valence-electron chi connectivity index (χ1n) is 9.58. The van der Waals surface area contributed by atoms with Crippen molar-refractivity contribution >= 4 is 22.8 Å². The number of amides is 2. The van der Waals surface area contributed by atoms with E-state index in [1.165, 1.54) is 22.6 Å². The van der Waals surface area contributed by atoms with Gasteiger partial charge in [-0.15, -0.1) is 0 Å². The monoisotopic (exact) mass is 375 g/mol. The highest BCUT2D eigenvalue weighted by atomic mass is 16.2. The van der Waals surface area contributed by atoms with Crippen molar-refractivity contribution in [3.63, 3.8) is 0 Å². The SMILES string of the molecule is CCC1=CC(=O)NC1=O.Cc1cn(CCCc2ccccc2)c2ncccc12. The maximum Gasteiger partial charge on any atom is 0.254 e. The van der Waals surface area contributed by atoms with Gasteiger partial charge in [-0.2, -0.15) is 0 Å². The molecule has 0 fully saturated rings. The van der Waals surface area contributed by atoms with Crippen molar-refractivity contribution in [2.24, 2.45) is 0 Å². The molecule has 144 valence electrons. The molecule has 0 unspecified atom stereocenters. The molecule has 0 bridgehead atoms. The van der Waals surface area contributed by atoms with Gasteiger partial charge in [0, 0.05) is 36.0 Å². The van der Waals surface area contributed by atoms with Gasteiger partial charge >= 0.3 is 0 Å². The Morgan fingerprint density at radius 3 is 2.50 bits per heavy atom. The van der Waals surface area contributed by atoms with Crippen LogP contribution in [-0.2, 0) is 22.6 Å². The third-order valence-corrected chi connectivity index (χ3v) is 4.75. The van der Waals surface area contributed by atoms with E-state index in [1.807, 2.05) is 19.2 Å². The molecule has 1 N–H and O–H groups in total. The average molecular weight is 375 g/mol. The molecule has 1 aliphatic heterocycles. The van der Waals surface area contributed by atoms with Crippen LogP contribution in [0.15, 0.2) is 66.5 Å². The zero-order valence-electron chi connectivity index (χ0n) is 16.3. The molecular formula is C23H25N3O2. The Labute approximate surface area is 165 Å². The van der Waals surface area contributed by atoms with Crippen LogP contribution in [0.1, 0.15) is 30.9 Å². The van der Waals surface area contributed by atoms with Crippen LogP contribution in [0.2, 0.25) is 0 Å². The van der Waals surface area contributed by atoms with Gasteiger partial charge in [0.25, 0.3) is 11.8 Å². The lowest BCUT2D eigenvalue weighted by Crippen LogP contribution is -2.21. The second-order valence-corrected chi connectivity index (χ2v) is 6.81. The highest BCUT2D eigenvalue weighted by Gasteiger charge is 2.17. The van der Waals surface area contributed by atoms with Crippen molar-refractivity contribution in [1.82, 2.24) is 14.9 Å². The molecule has 0 saturated carbocycles. The zero-order valence-corrected chi connectivity index (χ0v) is 16.3. The van der Waals surface area contributed by atoms with E-state index >= 15 is 0 Å². The fourth-order valence-corrected chi connectivity index (χ4v) is 3.28. The van der Waals surface area contributed by atoms with Crippen LogP contribution in [0, 0.1) is 6.92 Å². The standard InChI is InChI=1S/C17H18N2.C6H7NO2/c1-14-13-19(17-16(14)10-5-11-18-17)12-6-9-15-7-3-2-4-8-15;1-2-4-3-5(8)7-6(4)9/h2-5,7-8,10-11,13H,6,9,12H2,1H3;3H,2H2,1H3,(H,7,8,9). The third-order valence-electron chi connectivity index (χ3n) is 4.75. The minimum absolute atomic E-state index is 0.248. The Morgan fingerprint density at radius 1 is 1.07 bits per heavy atom. The molecule has 0 spiro atoms. The van der Waals surface area contributed by atoms with Gasteiger partial charge < -0.3 is 4.57 Å². The number of nitrogens with one attached hydrogen (secondary N) is 1. The van der Waals surface area contributed by atoms with Crippen LogP contribution in [0.5, 0.6) is 0 Å². The van der Waals surface area contributed by atoms with Crippen molar-refractivity contribution in [2.75, 3.05) is 0 Å². The summed E-state index contributed by atoms with van der Waals surface area (Å²) >= 11 is 0. The molecule has 5 heteroatoms. The van der Waals surface area contributed by atoms with Gasteiger partial charge in [-0.1, -0.05) is 37.3 Å². The van der Waals surface area contributed by atoms with Gasteiger partial charge in [-0.05, 0) is 49.4 Å². The second kappa shape index (κ2) is 9.13. The maximum atomic E-state index is 10.6. The first kappa shape index (κ1) is 19.5. The van der Waals surface area contributed by atoms with Gasteiger partial charge in [0.05, 0.1) is 0 Å². The summed E-state index contributed by atoms with van der Waals surface area (Å²) in [6.45, 7) is 5.01. The van der Waals surface area contributed by atoms with Crippen molar-refractivity contribution in [1.29, 1.82) is 0 Å². The number of aryl methyl sites for hydroxylation is 3. The predicted octanol–water partition coefficient (Wildman–Crippen LogP) is 3.96. The number of carbonyl (C=O) groups is 2. The topological polar surface area (TPSA) is 64.0 Å². The molecule has 3 aromatic rings. The van der Waals surface area contributed by atoms with Crippen molar-refractivity contribution in [3.05, 3.63) is 77.6 Å². The Bertz CT molecular complexity index is 1000. The average Bonchev–Trinajstić information content (AvgIpc) is 3.21. The smallest absolute Gasteiger partial charge is 0.254 e. The zero-order chi connectivity index (χ0) is 19.9. The lowest BCUT2D eigenvalue weighted by Gasteiger charge is -2.04. The molecule has 1 aliphatic rings. The molecule has 28 heavy (non-hydrogen) atoms. The number of pyridine rings is 1. The van der Waals surface area contributed by atoms with Gasteiger partial charge in [0.2, 0.25) is 0 Å². The molecule has 0 radical (unpaired) electrons. The summed E-state index contributed by atoms with van der Waals surface area (Å²) in [6, 6.07) is 14.8. The number of fused-ring (bicyclic) bond motifs is 1. The van der Waals surface area contributed by atoms with Gasteiger partial charge in [-0.25, -0.2) is 4.98 Å². The van der Waals surface area contributed by atoms with E-state index in [0.29, 0.717) is 12.0 Å². The molecule has 5 nitrogen and oxygen atoms in total. The molecule has 0 aliphatic carbocycles. The third kappa shape index (κ3) is 4.74. The van der Waals surface area contributed by atoms with Crippen molar-refractivity contribution in [3.8, 4) is 0 Å². The largest absolute Gasteiger partial charge is 0.332 e. The molecule has 3 heterocycles. The minimum Gasteiger partial charge on any atom is -0.332 e. The summed E-state index contributed by atoms with van der Waals surface area (Å²) in [5, 5.41) is 3.41. The molecule has 1 aromatic carbocycles. The number of rotatable bonds is 5. The number of aromatic nitrogens is 2. The summed E-state index contributed by atoms with van der Waals surface area (Å²) in [6.07, 6.45) is 8.30. The fraction of sp³-hybridized carbons (Fsp3) is 0.261. The number of imide groups is 1. The van der Waals surface area contributed by atoms with E-state index in [9.17, 15) is 9.59 Å². The first-order valence-corrected chi connectivity index (χ1v) is 9.58. The summed E-state index contributed by atoms with van der Waals surface area (Å²) in [5.74, 6) is -0.542. The molecule has 4 rings (SSSR count). The highest BCUT2D eigenvalue weighted by Crippen LogP contribution is 2.18. The Balaban J connectivity index is 0.000000211. The second-order valence-electron chi connectivity index (χ2n) is 6.81. The first-order chi connectivity index (χ1) is 13.6. The van der Waals surface area contributed by atoms with Crippen LogP contribution in [-0.4, -0.2) is 21.4 Å². The lowest BCUT2D eigenvalue weighted by atomic mass is 10.1. The normalized spacial score (nSPS) is 13.1. The fourth-order valence-electron chi connectivity index (χ4n) is 3.28. The van der Waals surface area contributed by atoms with Gasteiger partial charge in [0.15, 0.2) is 0 Å². The summed E-state index contributed by atoms with van der Waals surface area (Å²) in [5.41, 5.74) is 4.39. The van der Waals surface area contributed by atoms with E-state index < -0.39 is 0 Å². The number of hydrogen-bond acceptors (Lipinski definition) is 3. The number of nitrogens with zero attached hydrogens (tertiary/aromatic N) is 2. The Kier molecular flexibility index (Phi) is 6.37. The number of hydrogen-bond donors (Lipinski definition) is 1. The van der Waals surface area contributed by atoms with E-state index in [-0.39, 0.29) is 11.8 Å².